The zero-order valence-corrected chi connectivity index (χ0v) is 11.2. The molecule has 1 saturated heterocycles. The highest BCUT2D eigenvalue weighted by molar-refractivity contribution is 5.43. The Morgan fingerprint density at radius 1 is 1.37 bits per heavy atom. The van der Waals surface area contributed by atoms with E-state index in [1.807, 2.05) is 18.7 Å². The van der Waals surface area contributed by atoms with Gasteiger partial charge in [-0.25, -0.2) is 4.98 Å². The lowest BCUT2D eigenvalue weighted by atomic mass is 9.98. The third-order valence-electron chi connectivity index (χ3n) is 4.05. The molecular formula is C15H20N4. The van der Waals surface area contributed by atoms with E-state index in [9.17, 15) is 0 Å². The van der Waals surface area contributed by atoms with Crippen LogP contribution in [-0.2, 0) is 0 Å². The van der Waals surface area contributed by atoms with Gasteiger partial charge in [0.1, 0.15) is 0 Å². The largest absolute Gasteiger partial charge is 0.330 e. The fourth-order valence-electron chi connectivity index (χ4n) is 3.05. The van der Waals surface area contributed by atoms with Gasteiger partial charge in [-0.3, -0.25) is 4.90 Å². The minimum absolute atomic E-state index is 0.451. The molecule has 0 aliphatic carbocycles. The van der Waals surface area contributed by atoms with Crippen molar-refractivity contribution in [2.24, 2.45) is 11.7 Å². The van der Waals surface area contributed by atoms with Gasteiger partial charge in [-0.2, -0.15) is 0 Å². The predicted molar refractivity (Wildman–Crippen MR) is 76.1 cm³/mol. The number of aromatic nitrogens is 2. The first-order chi connectivity index (χ1) is 9.29. The van der Waals surface area contributed by atoms with Crippen molar-refractivity contribution in [3.63, 3.8) is 0 Å². The van der Waals surface area contributed by atoms with Gasteiger partial charge in [0.05, 0.1) is 12.0 Å². The van der Waals surface area contributed by atoms with E-state index in [1.54, 1.807) is 0 Å². The van der Waals surface area contributed by atoms with E-state index in [0.717, 1.165) is 19.5 Å². The molecule has 0 spiro atoms. The summed E-state index contributed by atoms with van der Waals surface area (Å²) >= 11 is 0. The molecule has 0 radical (unpaired) electrons. The zero-order valence-electron chi connectivity index (χ0n) is 11.2. The fraction of sp³-hybridized carbons (Fsp3) is 0.400. The summed E-state index contributed by atoms with van der Waals surface area (Å²) in [7, 11) is 2.19. The van der Waals surface area contributed by atoms with E-state index in [-0.39, 0.29) is 0 Å². The average Bonchev–Trinajstić information content (AvgIpc) is 3.08. The molecule has 3 rings (SSSR count). The van der Waals surface area contributed by atoms with Crippen molar-refractivity contribution in [3.05, 3.63) is 48.5 Å². The maximum absolute atomic E-state index is 5.83. The van der Waals surface area contributed by atoms with Crippen LogP contribution in [0.25, 0.3) is 5.69 Å². The molecule has 2 heterocycles. The van der Waals surface area contributed by atoms with Crippen LogP contribution < -0.4 is 5.73 Å². The van der Waals surface area contributed by atoms with Gasteiger partial charge in [0.15, 0.2) is 0 Å². The molecule has 2 unspecified atom stereocenters. The van der Waals surface area contributed by atoms with Crippen LogP contribution >= 0.6 is 0 Å². The number of benzene rings is 1. The number of rotatable bonds is 3. The molecule has 1 aliphatic rings. The molecule has 1 aromatic carbocycles. The Labute approximate surface area is 113 Å². The number of likely N-dealkylation sites (tertiary alicyclic amines) is 1. The molecule has 2 atom stereocenters. The minimum Gasteiger partial charge on any atom is -0.330 e. The second-order valence-electron chi connectivity index (χ2n) is 5.32. The topological polar surface area (TPSA) is 47.1 Å². The van der Waals surface area contributed by atoms with Crippen molar-refractivity contribution in [1.82, 2.24) is 14.5 Å². The van der Waals surface area contributed by atoms with Crippen molar-refractivity contribution in [3.8, 4) is 5.69 Å². The smallest absolute Gasteiger partial charge is 0.0991 e. The maximum atomic E-state index is 5.83. The minimum atomic E-state index is 0.451. The monoisotopic (exact) mass is 256 g/mol. The summed E-state index contributed by atoms with van der Waals surface area (Å²) in [6.45, 7) is 1.85. The van der Waals surface area contributed by atoms with Crippen LogP contribution in [0, 0.1) is 5.92 Å². The van der Waals surface area contributed by atoms with Gasteiger partial charge in [-0.05, 0) is 37.6 Å². The third kappa shape index (κ3) is 2.29. The van der Waals surface area contributed by atoms with E-state index in [0.29, 0.717) is 12.0 Å². The van der Waals surface area contributed by atoms with Crippen LogP contribution in [0.5, 0.6) is 0 Å². The molecule has 4 nitrogen and oxygen atoms in total. The summed E-state index contributed by atoms with van der Waals surface area (Å²) in [5.74, 6) is 0.603. The Morgan fingerprint density at radius 2 is 2.21 bits per heavy atom. The first-order valence-corrected chi connectivity index (χ1v) is 6.77. The predicted octanol–water partition coefficient (Wildman–Crippen LogP) is 1.82. The second-order valence-corrected chi connectivity index (χ2v) is 5.32. The van der Waals surface area contributed by atoms with Crippen LogP contribution in [0.2, 0.25) is 0 Å². The molecule has 1 aromatic heterocycles. The molecule has 0 amide bonds. The highest BCUT2D eigenvalue weighted by Crippen LogP contribution is 2.36. The van der Waals surface area contributed by atoms with Crippen molar-refractivity contribution in [2.45, 2.75) is 12.5 Å². The molecule has 4 heteroatoms. The summed E-state index contributed by atoms with van der Waals surface area (Å²) < 4.78 is 2.08. The van der Waals surface area contributed by atoms with Crippen LogP contribution in [0.4, 0.5) is 0 Å². The quantitative estimate of drug-likeness (QED) is 0.911. The lowest BCUT2D eigenvalue weighted by molar-refractivity contribution is 0.313. The second kappa shape index (κ2) is 5.15. The standard InChI is InChI=1S/C15H20N4/c1-18-10-12(9-16)8-15(18)13-4-2-3-5-14(13)19-7-6-17-11-19/h2-7,11-12,15H,8-10,16H2,1H3. The summed E-state index contributed by atoms with van der Waals surface area (Å²) in [5.41, 5.74) is 8.40. The van der Waals surface area contributed by atoms with Gasteiger partial charge in [0, 0.05) is 25.0 Å². The number of hydrogen-bond donors (Lipinski definition) is 1. The normalized spacial score (nSPS) is 23.9. The molecule has 0 bridgehead atoms. The summed E-state index contributed by atoms with van der Waals surface area (Å²) in [6, 6.07) is 9.01. The zero-order chi connectivity index (χ0) is 13.2. The van der Waals surface area contributed by atoms with E-state index in [2.05, 4.69) is 45.8 Å². The Bertz CT molecular complexity index is 535. The fourth-order valence-corrected chi connectivity index (χ4v) is 3.05. The van der Waals surface area contributed by atoms with Crippen LogP contribution in [0.15, 0.2) is 43.0 Å². The van der Waals surface area contributed by atoms with Crippen LogP contribution in [-0.4, -0.2) is 34.6 Å². The van der Waals surface area contributed by atoms with Gasteiger partial charge in [-0.15, -0.1) is 0 Å². The Balaban J connectivity index is 1.97. The highest BCUT2D eigenvalue weighted by Gasteiger charge is 2.31. The maximum Gasteiger partial charge on any atom is 0.0991 e. The van der Waals surface area contributed by atoms with Crippen molar-refractivity contribution in [2.75, 3.05) is 20.1 Å². The summed E-state index contributed by atoms with van der Waals surface area (Å²) in [6.07, 6.45) is 6.80. The lowest BCUT2D eigenvalue weighted by Crippen LogP contribution is -2.21. The van der Waals surface area contributed by atoms with Crippen LogP contribution in [0.1, 0.15) is 18.0 Å². The Morgan fingerprint density at radius 3 is 2.89 bits per heavy atom. The van der Waals surface area contributed by atoms with Crippen molar-refractivity contribution < 1.29 is 0 Å². The van der Waals surface area contributed by atoms with E-state index >= 15 is 0 Å². The molecule has 1 aliphatic heterocycles. The first kappa shape index (κ1) is 12.4. The molecular weight excluding hydrogens is 236 g/mol. The average molecular weight is 256 g/mol. The van der Waals surface area contributed by atoms with E-state index < -0.39 is 0 Å². The van der Waals surface area contributed by atoms with Crippen molar-refractivity contribution in [1.29, 1.82) is 0 Å². The third-order valence-corrected chi connectivity index (χ3v) is 4.05. The SMILES string of the molecule is CN1CC(CN)CC1c1ccccc1-n1ccnc1. The van der Waals surface area contributed by atoms with Gasteiger partial charge in [0.2, 0.25) is 0 Å². The van der Waals surface area contributed by atoms with Gasteiger partial charge in [-0.1, -0.05) is 18.2 Å². The molecule has 2 N–H and O–H groups in total. The van der Waals surface area contributed by atoms with Gasteiger partial charge >= 0.3 is 0 Å². The molecule has 2 aromatic rings. The highest BCUT2D eigenvalue weighted by atomic mass is 15.2. The summed E-state index contributed by atoms with van der Waals surface area (Å²) in [5, 5.41) is 0. The number of nitrogens with zero attached hydrogens (tertiary/aromatic N) is 3. The Kier molecular flexibility index (Phi) is 3.36. The Hall–Kier alpha value is -1.65. The van der Waals surface area contributed by atoms with Crippen molar-refractivity contribution >= 4 is 0 Å². The van der Waals surface area contributed by atoms with Gasteiger partial charge in [0.25, 0.3) is 0 Å². The summed E-state index contributed by atoms with van der Waals surface area (Å²) in [4.78, 5) is 6.56. The van der Waals surface area contributed by atoms with Crippen LogP contribution in [0.3, 0.4) is 0 Å². The van der Waals surface area contributed by atoms with E-state index in [1.165, 1.54) is 11.3 Å². The van der Waals surface area contributed by atoms with E-state index in [4.69, 9.17) is 5.73 Å². The molecule has 19 heavy (non-hydrogen) atoms. The first-order valence-electron chi connectivity index (χ1n) is 6.77. The number of hydrogen-bond acceptors (Lipinski definition) is 3. The molecule has 100 valence electrons. The number of imidazole rings is 1. The van der Waals surface area contributed by atoms with Gasteiger partial charge < -0.3 is 10.3 Å². The molecule has 1 fully saturated rings. The molecule has 0 saturated carbocycles. The number of para-hydroxylation sites is 1. The lowest BCUT2D eigenvalue weighted by Gasteiger charge is -2.22. The number of nitrogens with two attached hydrogens (primary N) is 1.